The van der Waals surface area contributed by atoms with Gasteiger partial charge in [0.2, 0.25) is 0 Å². The molecule has 2 aromatic carbocycles. The van der Waals surface area contributed by atoms with E-state index in [9.17, 15) is 37.3 Å². The number of carboxylic acids is 1. The van der Waals surface area contributed by atoms with Crippen LogP contribution in [0.4, 0.5) is 27.5 Å². The number of carbonyl (C=O) groups excluding carboxylic acids is 4. The van der Waals surface area contributed by atoms with Crippen molar-refractivity contribution < 1.29 is 96.4 Å². The van der Waals surface area contributed by atoms with Crippen LogP contribution in [0.15, 0.2) is 106 Å². The number of amides is 2. The van der Waals surface area contributed by atoms with Crippen LogP contribution in [0.5, 0.6) is 0 Å². The monoisotopic (exact) mass is 620 g/mol. The number of allylic oxidation sites excluding steroid dienone is 7. The molecule has 2 aliphatic carbocycles. The van der Waals surface area contributed by atoms with Crippen LogP contribution in [0.25, 0.3) is 0 Å². The summed E-state index contributed by atoms with van der Waals surface area (Å²) in [5, 5.41) is 24.2. The van der Waals surface area contributed by atoms with Gasteiger partial charge < -0.3 is 25.1 Å². The molecular weight excluding hydrogens is 602 g/mol. The van der Waals surface area contributed by atoms with E-state index in [4.69, 9.17) is 0 Å². The van der Waals surface area contributed by atoms with Gasteiger partial charge in [0, 0.05) is 16.9 Å². The van der Waals surface area contributed by atoms with Gasteiger partial charge in [-0.1, -0.05) is 0 Å². The first kappa shape index (κ1) is 35.5. The number of ketones is 2. The standard InChI is InChI=1S/C26H20N6O8S.2Na/c33-22-11-9-19(13-21(22)25(35)36)31-29-17-5-1-15(2-6-17)27-26(37)28-16-3-7-18(8-4-16)30-32-20-10-12-23(34)24(14-20)41(38,39)40;;/h1-14,29-30H,(H,35,36)(H2,27,28,37)(H,38,39,40);;/q;2*+1/p-2/b31-19-,32-20+;;. The summed E-state index contributed by atoms with van der Waals surface area (Å²) in [6.45, 7) is 0. The van der Waals surface area contributed by atoms with Crippen molar-refractivity contribution in [2.45, 2.75) is 0 Å². The third-order valence-corrected chi connectivity index (χ3v) is 6.15. The molecule has 0 saturated carbocycles. The minimum absolute atomic E-state index is 0. The summed E-state index contributed by atoms with van der Waals surface area (Å²) < 4.78 is 33.5. The van der Waals surface area contributed by atoms with Crippen LogP contribution in [0.3, 0.4) is 0 Å². The summed E-state index contributed by atoms with van der Waals surface area (Å²) in [7, 11) is -4.93. The first-order valence-electron chi connectivity index (χ1n) is 11.5. The van der Waals surface area contributed by atoms with Crippen molar-refractivity contribution in [1.82, 2.24) is 0 Å². The van der Waals surface area contributed by atoms with Crippen molar-refractivity contribution in [3.63, 3.8) is 0 Å². The Bertz CT molecular complexity index is 1730. The van der Waals surface area contributed by atoms with Crippen LogP contribution in [0.1, 0.15) is 0 Å². The fourth-order valence-electron chi connectivity index (χ4n) is 3.32. The van der Waals surface area contributed by atoms with Gasteiger partial charge in [0.15, 0.2) is 11.6 Å². The number of hydrogen-bond donors (Lipinski definition) is 4. The Morgan fingerprint density at radius 1 is 0.651 bits per heavy atom. The number of benzene rings is 2. The van der Waals surface area contributed by atoms with E-state index >= 15 is 0 Å². The molecule has 208 valence electrons. The van der Waals surface area contributed by atoms with Gasteiger partial charge in [-0.15, -0.1) is 0 Å². The van der Waals surface area contributed by atoms with E-state index in [1.807, 2.05) is 0 Å². The maximum Gasteiger partial charge on any atom is 1.00 e. The van der Waals surface area contributed by atoms with E-state index in [1.165, 1.54) is 12.2 Å². The van der Waals surface area contributed by atoms with Gasteiger partial charge in [-0.25, -0.2) is 13.2 Å². The van der Waals surface area contributed by atoms with E-state index in [-0.39, 0.29) is 70.5 Å². The van der Waals surface area contributed by atoms with Gasteiger partial charge >= 0.3 is 65.1 Å². The molecule has 14 nitrogen and oxygen atoms in total. The number of nitrogens with one attached hydrogen (secondary N) is 4. The molecular formula is C26H18N6Na2O8S. The zero-order chi connectivity index (χ0) is 29.6. The largest absolute Gasteiger partial charge is 1.00 e. The fourth-order valence-corrected chi connectivity index (χ4v) is 3.90. The second-order valence-electron chi connectivity index (χ2n) is 8.23. The average Bonchev–Trinajstić information content (AvgIpc) is 2.93. The summed E-state index contributed by atoms with van der Waals surface area (Å²) in [6, 6.07) is 12.2. The fraction of sp³-hybridized carbons (Fsp3) is 0. The number of rotatable bonds is 8. The van der Waals surface area contributed by atoms with Gasteiger partial charge in [0.1, 0.15) is 15.0 Å². The number of carboxylic acid groups (broad SMARTS) is 1. The van der Waals surface area contributed by atoms with E-state index in [2.05, 4.69) is 31.7 Å². The molecule has 0 spiro atoms. The first-order chi connectivity index (χ1) is 19.5. The molecule has 0 atom stereocenters. The van der Waals surface area contributed by atoms with Crippen LogP contribution in [0.2, 0.25) is 0 Å². The summed E-state index contributed by atoms with van der Waals surface area (Å²) in [6.07, 6.45) is 6.59. The Hall–Kier alpha value is -3.67. The number of hydrazone groups is 2. The van der Waals surface area contributed by atoms with Crippen LogP contribution in [-0.2, 0) is 24.5 Å². The van der Waals surface area contributed by atoms with Crippen LogP contribution < -0.4 is 85.7 Å². The molecule has 0 heterocycles. The smallest absolute Gasteiger partial charge is 0.744 e. The molecule has 0 aliphatic heterocycles. The van der Waals surface area contributed by atoms with Gasteiger partial charge in [-0.2, -0.15) is 10.2 Å². The van der Waals surface area contributed by atoms with Crippen molar-refractivity contribution in [3.05, 3.63) is 95.5 Å². The SMILES string of the molecule is O=C(Nc1ccc(N/N=C2/C=CC(=O)C(C(=O)[O-])=C2)cc1)Nc1ccc(N/N=C2\C=CC(=O)C(S(=O)(=O)[O-])=C2)cc1.[Na+].[Na+]. The number of aliphatic carboxylic acids is 1. The maximum atomic E-state index is 12.4. The Morgan fingerprint density at radius 3 is 1.51 bits per heavy atom. The third kappa shape index (κ3) is 10.2. The number of hydrogen-bond acceptors (Lipinski definition) is 12. The number of anilines is 4. The molecule has 2 aromatic rings. The van der Waals surface area contributed by atoms with E-state index < -0.39 is 44.2 Å². The Kier molecular flexibility index (Phi) is 13.0. The van der Waals surface area contributed by atoms with E-state index in [0.717, 1.165) is 24.3 Å². The predicted molar refractivity (Wildman–Crippen MR) is 147 cm³/mol. The van der Waals surface area contributed by atoms with E-state index in [1.54, 1.807) is 48.5 Å². The molecule has 0 aromatic heterocycles. The molecule has 4 rings (SSSR count). The third-order valence-electron chi connectivity index (χ3n) is 5.29. The zero-order valence-corrected chi connectivity index (χ0v) is 27.5. The second kappa shape index (κ2) is 15.7. The van der Waals surface area contributed by atoms with Crippen LogP contribution >= 0.6 is 0 Å². The van der Waals surface area contributed by atoms with E-state index in [0.29, 0.717) is 22.7 Å². The molecule has 4 N–H and O–H groups in total. The number of urea groups is 1. The number of carbonyl (C=O) groups is 4. The Morgan fingerprint density at radius 2 is 1.07 bits per heavy atom. The maximum absolute atomic E-state index is 12.4. The molecule has 0 saturated heterocycles. The van der Waals surface area contributed by atoms with Crippen molar-refractivity contribution in [2.24, 2.45) is 10.2 Å². The van der Waals surface area contributed by atoms with Crippen molar-refractivity contribution in [1.29, 1.82) is 0 Å². The molecule has 2 aliphatic rings. The molecule has 2 amide bonds. The Balaban J connectivity index is 0.00000323. The van der Waals surface area contributed by atoms with Gasteiger partial charge in [0.05, 0.1) is 28.8 Å². The van der Waals surface area contributed by atoms with Crippen molar-refractivity contribution in [3.8, 4) is 0 Å². The quantitative estimate of drug-likeness (QED) is 0.0726. The summed E-state index contributed by atoms with van der Waals surface area (Å²) in [5.41, 5.74) is 7.05. The average molecular weight is 621 g/mol. The summed E-state index contributed by atoms with van der Waals surface area (Å²) >= 11 is 0. The van der Waals surface area contributed by atoms with Gasteiger partial charge in [0.25, 0.3) is 0 Å². The number of nitrogens with zero attached hydrogens (tertiary/aromatic N) is 2. The van der Waals surface area contributed by atoms with Gasteiger partial charge in [-0.3, -0.25) is 20.4 Å². The Labute approximate surface area is 289 Å². The topological polar surface area (TPSA) is 221 Å². The molecule has 0 unspecified atom stereocenters. The van der Waals surface area contributed by atoms with Crippen molar-refractivity contribution >= 4 is 67.9 Å². The molecule has 0 bridgehead atoms. The molecule has 17 heteroatoms. The molecule has 43 heavy (non-hydrogen) atoms. The summed E-state index contributed by atoms with van der Waals surface area (Å²) in [5.74, 6) is -3.19. The second-order valence-corrected chi connectivity index (χ2v) is 9.58. The minimum atomic E-state index is -4.93. The van der Waals surface area contributed by atoms with Crippen LogP contribution in [-0.4, -0.2) is 48.0 Å². The normalized spacial score (nSPS) is 15.9. The van der Waals surface area contributed by atoms with Crippen molar-refractivity contribution in [2.75, 3.05) is 21.5 Å². The van der Waals surface area contributed by atoms with Gasteiger partial charge in [-0.05, 0) is 85.0 Å². The first-order valence-corrected chi connectivity index (χ1v) is 12.9. The predicted octanol–water partition coefficient (Wildman–Crippen LogP) is -4.74. The minimum Gasteiger partial charge on any atom is -0.744 e. The zero-order valence-electron chi connectivity index (χ0n) is 22.7. The van der Waals surface area contributed by atoms with Crippen LogP contribution in [0, 0.1) is 0 Å². The summed E-state index contributed by atoms with van der Waals surface area (Å²) in [4.78, 5) is 45.5. The molecule has 0 fully saturated rings. The molecule has 0 radical (unpaired) electrons.